The van der Waals surface area contributed by atoms with E-state index in [0.717, 1.165) is 17.7 Å². The molecule has 0 unspecified atom stereocenters. The summed E-state index contributed by atoms with van der Waals surface area (Å²) in [5.41, 5.74) is 1.01. The monoisotopic (exact) mass is 304 g/mol. The average molecular weight is 304 g/mol. The lowest BCUT2D eigenvalue weighted by Gasteiger charge is -2.27. The Kier molecular flexibility index (Phi) is 5.83. The van der Waals surface area contributed by atoms with Crippen molar-refractivity contribution >= 4 is 5.91 Å². The minimum Gasteiger partial charge on any atom is -0.496 e. The van der Waals surface area contributed by atoms with E-state index in [4.69, 9.17) is 4.74 Å². The van der Waals surface area contributed by atoms with E-state index in [9.17, 15) is 4.79 Å². The Morgan fingerprint density at radius 1 is 1.41 bits per heavy atom. The Hall–Kier alpha value is -1.55. The predicted octanol–water partition coefficient (Wildman–Crippen LogP) is 3.14. The fraction of sp³-hybridized carbons (Fsp3) is 0.611. The summed E-state index contributed by atoms with van der Waals surface area (Å²) in [5.74, 6) is 0.905. The second kappa shape index (κ2) is 7.63. The molecule has 1 saturated heterocycles. The molecule has 4 heteroatoms. The van der Waals surface area contributed by atoms with Crippen LogP contribution in [0.5, 0.6) is 5.75 Å². The molecule has 3 atom stereocenters. The zero-order valence-electron chi connectivity index (χ0n) is 14.1. The third-order valence-electron chi connectivity index (χ3n) is 4.73. The largest absolute Gasteiger partial charge is 0.496 e. The number of carbonyl (C=O) groups excluding carboxylic acids is 1. The number of likely N-dealkylation sites (tertiary alicyclic amines) is 1. The van der Waals surface area contributed by atoms with Crippen molar-refractivity contribution in [3.63, 3.8) is 0 Å². The van der Waals surface area contributed by atoms with E-state index >= 15 is 0 Å². The second-order valence-electron chi connectivity index (χ2n) is 6.19. The molecule has 1 fully saturated rings. The molecule has 2 rings (SSSR count). The van der Waals surface area contributed by atoms with Crippen LogP contribution in [-0.4, -0.2) is 36.5 Å². The number of benzene rings is 1. The third kappa shape index (κ3) is 3.80. The topological polar surface area (TPSA) is 41.6 Å². The quantitative estimate of drug-likeness (QED) is 0.878. The normalized spacial score (nSPS) is 23.3. The van der Waals surface area contributed by atoms with Crippen molar-refractivity contribution in [2.45, 2.75) is 58.2 Å². The van der Waals surface area contributed by atoms with Gasteiger partial charge >= 0.3 is 0 Å². The van der Waals surface area contributed by atoms with Crippen molar-refractivity contribution in [3.05, 3.63) is 29.8 Å². The number of amides is 1. The van der Waals surface area contributed by atoms with Gasteiger partial charge in [0.25, 0.3) is 0 Å². The van der Waals surface area contributed by atoms with Gasteiger partial charge in [0, 0.05) is 17.6 Å². The van der Waals surface area contributed by atoms with Gasteiger partial charge in [0.15, 0.2) is 0 Å². The van der Waals surface area contributed by atoms with Crippen molar-refractivity contribution in [3.8, 4) is 5.75 Å². The zero-order chi connectivity index (χ0) is 16.1. The number of ether oxygens (including phenoxy) is 1. The maximum atomic E-state index is 12.4. The predicted molar refractivity (Wildman–Crippen MR) is 89.0 cm³/mol. The second-order valence-corrected chi connectivity index (χ2v) is 6.19. The number of hydrogen-bond donors (Lipinski definition) is 1. The number of nitrogens with zero attached hydrogens (tertiary/aromatic N) is 1. The zero-order valence-corrected chi connectivity index (χ0v) is 14.1. The molecule has 1 aromatic rings. The van der Waals surface area contributed by atoms with Gasteiger partial charge in [-0.15, -0.1) is 0 Å². The minimum atomic E-state index is -0.0540. The van der Waals surface area contributed by atoms with Crippen LogP contribution in [0.4, 0.5) is 0 Å². The lowest BCUT2D eigenvalue weighted by Crippen LogP contribution is -2.43. The first-order chi connectivity index (χ1) is 10.6. The summed E-state index contributed by atoms with van der Waals surface area (Å²) in [7, 11) is 1.66. The first kappa shape index (κ1) is 16.8. The lowest BCUT2D eigenvalue weighted by atomic mass is 10.1. The molecule has 0 radical (unpaired) electrons. The Morgan fingerprint density at radius 3 is 2.82 bits per heavy atom. The van der Waals surface area contributed by atoms with E-state index in [0.29, 0.717) is 18.6 Å². The molecule has 122 valence electrons. The molecular formula is C18H28N2O2. The van der Waals surface area contributed by atoms with Crippen LogP contribution in [0, 0.1) is 0 Å². The Labute approximate surface area is 133 Å². The molecule has 1 aliphatic rings. The summed E-state index contributed by atoms with van der Waals surface area (Å²) in [6, 6.07) is 8.82. The summed E-state index contributed by atoms with van der Waals surface area (Å²) < 4.78 is 5.37. The lowest BCUT2D eigenvalue weighted by molar-refractivity contribution is -0.123. The highest BCUT2D eigenvalue weighted by molar-refractivity contribution is 5.78. The summed E-state index contributed by atoms with van der Waals surface area (Å²) in [5, 5.41) is 3.10. The van der Waals surface area contributed by atoms with Crippen LogP contribution in [0.2, 0.25) is 0 Å². The Bertz CT molecular complexity index is 504. The van der Waals surface area contributed by atoms with Gasteiger partial charge in [-0.1, -0.05) is 25.1 Å². The molecule has 0 bridgehead atoms. The highest BCUT2D eigenvalue weighted by Crippen LogP contribution is 2.26. The number of nitrogens with one attached hydrogen (secondary N) is 1. The van der Waals surface area contributed by atoms with Gasteiger partial charge in [-0.2, -0.15) is 0 Å². The van der Waals surface area contributed by atoms with Gasteiger partial charge in [-0.05, 0) is 39.2 Å². The van der Waals surface area contributed by atoms with Gasteiger partial charge < -0.3 is 10.1 Å². The molecule has 1 heterocycles. The number of rotatable bonds is 6. The third-order valence-corrected chi connectivity index (χ3v) is 4.73. The molecular weight excluding hydrogens is 276 g/mol. The van der Waals surface area contributed by atoms with Crippen molar-refractivity contribution in [2.75, 3.05) is 13.7 Å². The average Bonchev–Trinajstić information content (AvgIpc) is 2.87. The van der Waals surface area contributed by atoms with Crippen molar-refractivity contribution in [2.24, 2.45) is 0 Å². The van der Waals surface area contributed by atoms with Crippen LogP contribution in [0.3, 0.4) is 0 Å². The maximum Gasteiger partial charge on any atom is 0.234 e. The summed E-state index contributed by atoms with van der Waals surface area (Å²) >= 11 is 0. The van der Waals surface area contributed by atoms with E-state index in [1.54, 1.807) is 7.11 Å². The molecule has 1 aromatic carbocycles. The number of hydrogen-bond acceptors (Lipinski definition) is 3. The summed E-state index contributed by atoms with van der Waals surface area (Å²) in [4.78, 5) is 14.7. The fourth-order valence-corrected chi connectivity index (χ4v) is 3.40. The maximum absolute atomic E-state index is 12.4. The Balaban J connectivity index is 1.96. The van der Waals surface area contributed by atoms with E-state index in [1.165, 1.54) is 12.8 Å². The van der Waals surface area contributed by atoms with Crippen LogP contribution in [-0.2, 0) is 4.79 Å². The first-order valence-corrected chi connectivity index (χ1v) is 8.24. The van der Waals surface area contributed by atoms with Crippen molar-refractivity contribution < 1.29 is 9.53 Å². The summed E-state index contributed by atoms with van der Waals surface area (Å²) in [6.45, 7) is 6.90. The van der Waals surface area contributed by atoms with Gasteiger partial charge in [0.1, 0.15) is 5.75 Å². The van der Waals surface area contributed by atoms with Gasteiger partial charge in [0.2, 0.25) is 5.91 Å². The van der Waals surface area contributed by atoms with E-state index in [1.807, 2.05) is 31.2 Å². The molecule has 0 saturated carbocycles. The van der Waals surface area contributed by atoms with Gasteiger partial charge in [-0.3, -0.25) is 9.69 Å². The van der Waals surface area contributed by atoms with Crippen molar-refractivity contribution in [1.29, 1.82) is 0 Å². The molecule has 0 spiro atoms. The summed E-state index contributed by atoms with van der Waals surface area (Å²) in [6.07, 6.45) is 3.50. The van der Waals surface area contributed by atoms with Crippen LogP contribution < -0.4 is 10.1 Å². The Morgan fingerprint density at radius 2 is 2.14 bits per heavy atom. The van der Waals surface area contributed by atoms with Crippen LogP contribution in [0.1, 0.15) is 51.6 Å². The molecule has 1 aliphatic heterocycles. The highest BCUT2D eigenvalue weighted by Gasteiger charge is 2.30. The van der Waals surface area contributed by atoms with Gasteiger partial charge in [0.05, 0.1) is 19.7 Å². The fourth-order valence-electron chi connectivity index (χ4n) is 3.40. The molecule has 4 nitrogen and oxygen atoms in total. The van der Waals surface area contributed by atoms with E-state index in [2.05, 4.69) is 24.1 Å². The molecule has 1 amide bonds. The first-order valence-electron chi connectivity index (χ1n) is 8.24. The molecule has 0 aliphatic carbocycles. The standard InChI is InChI=1S/C18H28N2O2/c1-5-15-11-10-13(2)20(15)12-18(21)19-14(3)16-8-6-7-9-17(16)22-4/h6-9,13-15H,5,10-12H2,1-4H3,(H,19,21)/t13-,14+,15-/m1/s1. The van der Waals surface area contributed by atoms with Crippen LogP contribution in [0.25, 0.3) is 0 Å². The highest BCUT2D eigenvalue weighted by atomic mass is 16.5. The van der Waals surface area contributed by atoms with Crippen LogP contribution in [0.15, 0.2) is 24.3 Å². The molecule has 22 heavy (non-hydrogen) atoms. The molecule has 1 N–H and O–H groups in total. The molecule has 0 aromatic heterocycles. The smallest absolute Gasteiger partial charge is 0.234 e. The number of methoxy groups -OCH3 is 1. The van der Waals surface area contributed by atoms with Crippen LogP contribution >= 0.6 is 0 Å². The van der Waals surface area contributed by atoms with E-state index in [-0.39, 0.29) is 11.9 Å². The van der Waals surface area contributed by atoms with Crippen molar-refractivity contribution in [1.82, 2.24) is 10.2 Å². The minimum absolute atomic E-state index is 0.0540. The van der Waals surface area contributed by atoms with Gasteiger partial charge in [-0.25, -0.2) is 0 Å². The SMILES string of the molecule is CC[C@@H]1CC[C@@H](C)N1CC(=O)N[C@@H](C)c1ccccc1OC. The number of carbonyl (C=O) groups is 1. The van der Waals surface area contributed by atoms with E-state index < -0.39 is 0 Å². The number of para-hydroxylation sites is 1.